The van der Waals surface area contributed by atoms with Crippen molar-refractivity contribution in [2.45, 2.75) is 13.2 Å². The molecule has 70 valence electrons. The van der Waals surface area contributed by atoms with E-state index in [1.807, 2.05) is 13.0 Å². The topological polar surface area (TPSA) is 38.3 Å². The zero-order chi connectivity index (χ0) is 10.1. The second-order valence-electron chi connectivity index (χ2n) is 3.14. The van der Waals surface area contributed by atoms with Gasteiger partial charge in [0.2, 0.25) is 6.23 Å². The Morgan fingerprint density at radius 2 is 2.36 bits per heavy atom. The number of hydrogen-bond acceptors (Lipinski definition) is 2. The molecule has 1 heterocycles. The van der Waals surface area contributed by atoms with E-state index in [0.717, 1.165) is 5.56 Å². The molecular formula is C11H9NO2. The number of aryl methyl sites for hydroxylation is 1. The molecule has 3 nitrogen and oxygen atoms in total. The first-order valence-electron chi connectivity index (χ1n) is 4.25. The predicted octanol–water partition coefficient (Wildman–Crippen LogP) is 1.08. The largest absolute Gasteiger partial charge is 0.459 e. The first-order valence-corrected chi connectivity index (χ1v) is 4.25. The number of hydrogen-bond donors (Lipinski definition) is 1. The molecule has 1 aliphatic heterocycles. The minimum absolute atomic E-state index is 0.186. The SMILES string of the molecule is C#CC1NC(=O)c2ccc(C)cc2O1. The molecule has 0 spiro atoms. The molecule has 0 saturated heterocycles. The molecule has 1 aromatic carbocycles. The fourth-order valence-electron chi connectivity index (χ4n) is 1.34. The van der Waals surface area contributed by atoms with Crippen molar-refractivity contribution in [2.24, 2.45) is 0 Å². The molecule has 1 amide bonds. The quantitative estimate of drug-likeness (QED) is 0.617. The van der Waals surface area contributed by atoms with Crippen LogP contribution in [0.4, 0.5) is 0 Å². The maximum Gasteiger partial charge on any atom is 0.258 e. The molecule has 1 N–H and O–H groups in total. The standard InChI is InChI=1S/C11H9NO2/c1-3-10-12-11(13)8-5-4-7(2)6-9(8)14-10/h1,4-6,10H,2H3,(H,12,13). The zero-order valence-electron chi connectivity index (χ0n) is 7.70. The summed E-state index contributed by atoms with van der Waals surface area (Å²) in [5.41, 5.74) is 1.57. The molecule has 1 aromatic rings. The number of nitrogens with one attached hydrogen (secondary N) is 1. The Labute approximate surface area is 82.1 Å². The van der Waals surface area contributed by atoms with Crippen LogP contribution in [-0.4, -0.2) is 12.1 Å². The molecule has 1 atom stereocenters. The molecule has 3 heteroatoms. The van der Waals surface area contributed by atoms with Crippen molar-refractivity contribution in [1.29, 1.82) is 0 Å². The van der Waals surface area contributed by atoms with E-state index in [1.165, 1.54) is 0 Å². The highest BCUT2D eigenvalue weighted by Gasteiger charge is 2.23. The van der Waals surface area contributed by atoms with Crippen LogP contribution in [0.15, 0.2) is 18.2 Å². The van der Waals surface area contributed by atoms with Crippen LogP contribution in [0.25, 0.3) is 0 Å². The van der Waals surface area contributed by atoms with Gasteiger partial charge in [0, 0.05) is 0 Å². The maximum atomic E-state index is 11.5. The van der Waals surface area contributed by atoms with Crippen molar-refractivity contribution in [2.75, 3.05) is 0 Å². The number of amides is 1. The van der Waals surface area contributed by atoms with E-state index in [9.17, 15) is 4.79 Å². The van der Waals surface area contributed by atoms with Gasteiger partial charge in [-0.25, -0.2) is 0 Å². The van der Waals surface area contributed by atoms with Crippen molar-refractivity contribution in [1.82, 2.24) is 5.32 Å². The van der Waals surface area contributed by atoms with Gasteiger partial charge in [-0.1, -0.05) is 6.07 Å². The molecule has 2 rings (SSSR count). The van der Waals surface area contributed by atoms with E-state index in [2.05, 4.69) is 11.2 Å². The van der Waals surface area contributed by atoms with Gasteiger partial charge in [0.1, 0.15) is 5.75 Å². The predicted molar refractivity (Wildman–Crippen MR) is 51.9 cm³/mol. The molecule has 1 aliphatic rings. The summed E-state index contributed by atoms with van der Waals surface area (Å²) in [5.74, 6) is 2.71. The third-order valence-electron chi connectivity index (χ3n) is 2.04. The number of carbonyl (C=O) groups excluding carboxylic acids is 1. The van der Waals surface area contributed by atoms with Crippen LogP contribution in [0.3, 0.4) is 0 Å². The molecule has 0 aliphatic carbocycles. The molecule has 0 bridgehead atoms. The van der Waals surface area contributed by atoms with Crippen LogP contribution in [0, 0.1) is 19.3 Å². The lowest BCUT2D eigenvalue weighted by atomic mass is 10.1. The van der Waals surface area contributed by atoms with Crippen molar-refractivity contribution < 1.29 is 9.53 Å². The fraction of sp³-hybridized carbons (Fsp3) is 0.182. The normalized spacial score (nSPS) is 18.9. The van der Waals surface area contributed by atoms with Crippen molar-refractivity contribution >= 4 is 5.91 Å². The van der Waals surface area contributed by atoms with Crippen LogP contribution in [-0.2, 0) is 0 Å². The Morgan fingerprint density at radius 1 is 1.57 bits per heavy atom. The minimum atomic E-state index is -0.656. The van der Waals surface area contributed by atoms with E-state index < -0.39 is 6.23 Å². The van der Waals surface area contributed by atoms with Gasteiger partial charge in [0.25, 0.3) is 5.91 Å². The molecule has 0 radical (unpaired) electrons. The van der Waals surface area contributed by atoms with Gasteiger partial charge in [-0.2, -0.15) is 0 Å². The molecule has 0 aromatic heterocycles. The summed E-state index contributed by atoms with van der Waals surface area (Å²) in [6, 6.07) is 5.39. The van der Waals surface area contributed by atoms with Gasteiger partial charge >= 0.3 is 0 Å². The summed E-state index contributed by atoms with van der Waals surface area (Å²) >= 11 is 0. The first kappa shape index (κ1) is 8.64. The van der Waals surface area contributed by atoms with E-state index in [0.29, 0.717) is 11.3 Å². The lowest BCUT2D eigenvalue weighted by molar-refractivity contribution is 0.0833. The Kier molecular flexibility index (Phi) is 1.90. The average Bonchev–Trinajstić information content (AvgIpc) is 2.16. The molecular weight excluding hydrogens is 178 g/mol. The number of carbonyl (C=O) groups is 1. The van der Waals surface area contributed by atoms with Crippen LogP contribution in [0.1, 0.15) is 15.9 Å². The van der Waals surface area contributed by atoms with Crippen molar-refractivity contribution in [3.63, 3.8) is 0 Å². The maximum absolute atomic E-state index is 11.5. The monoisotopic (exact) mass is 187 g/mol. The summed E-state index contributed by atoms with van der Waals surface area (Å²) in [6.07, 6.45) is 4.52. The van der Waals surface area contributed by atoms with Crippen molar-refractivity contribution in [3.8, 4) is 18.1 Å². The van der Waals surface area contributed by atoms with Gasteiger partial charge in [0.15, 0.2) is 0 Å². The summed E-state index contributed by atoms with van der Waals surface area (Å²) in [7, 11) is 0. The zero-order valence-corrected chi connectivity index (χ0v) is 7.70. The summed E-state index contributed by atoms with van der Waals surface area (Å²) in [5, 5.41) is 2.54. The van der Waals surface area contributed by atoms with Crippen LogP contribution >= 0.6 is 0 Å². The number of terminal acetylenes is 1. The van der Waals surface area contributed by atoms with Gasteiger partial charge in [-0.05, 0) is 30.5 Å². The van der Waals surface area contributed by atoms with E-state index in [-0.39, 0.29) is 5.91 Å². The first-order chi connectivity index (χ1) is 6.70. The van der Waals surface area contributed by atoms with Crippen LogP contribution < -0.4 is 10.1 Å². The third kappa shape index (κ3) is 1.31. The smallest absolute Gasteiger partial charge is 0.258 e. The fourth-order valence-corrected chi connectivity index (χ4v) is 1.34. The second kappa shape index (κ2) is 3.08. The Hall–Kier alpha value is -1.95. The highest BCUT2D eigenvalue weighted by Crippen LogP contribution is 2.24. The lowest BCUT2D eigenvalue weighted by Crippen LogP contribution is -2.42. The van der Waals surface area contributed by atoms with Gasteiger partial charge in [-0.15, -0.1) is 6.42 Å². The molecule has 0 saturated carbocycles. The van der Waals surface area contributed by atoms with Gasteiger partial charge in [0.05, 0.1) is 5.56 Å². The number of ether oxygens (including phenoxy) is 1. The van der Waals surface area contributed by atoms with E-state index in [4.69, 9.17) is 11.2 Å². The lowest BCUT2D eigenvalue weighted by Gasteiger charge is -2.23. The van der Waals surface area contributed by atoms with E-state index >= 15 is 0 Å². The minimum Gasteiger partial charge on any atom is -0.459 e. The van der Waals surface area contributed by atoms with Crippen LogP contribution in [0.5, 0.6) is 5.75 Å². The molecule has 1 unspecified atom stereocenters. The van der Waals surface area contributed by atoms with E-state index in [1.54, 1.807) is 12.1 Å². The Morgan fingerprint density at radius 3 is 3.07 bits per heavy atom. The number of benzene rings is 1. The molecule has 0 fully saturated rings. The Bertz CT molecular complexity index is 431. The van der Waals surface area contributed by atoms with Crippen molar-refractivity contribution in [3.05, 3.63) is 29.3 Å². The number of rotatable bonds is 0. The molecule has 14 heavy (non-hydrogen) atoms. The summed E-state index contributed by atoms with van der Waals surface area (Å²) < 4.78 is 5.36. The Balaban J connectivity index is 2.46. The summed E-state index contributed by atoms with van der Waals surface area (Å²) in [4.78, 5) is 11.5. The third-order valence-corrected chi connectivity index (χ3v) is 2.04. The summed E-state index contributed by atoms with van der Waals surface area (Å²) in [6.45, 7) is 1.93. The van der Waals surface area contributed by atoms with Crippen LogP contribution in [0.2, 0.25) is 0 Å². The average molecular weight is 187 g/mol. The van der Waals surface area contributed by atoms with Gasteiger partial charge in [-0.3, -0.25) is 4.79 Å². The van der Waals surface area contributed by atoms with Gasteiger partial charge < -0.3 is 10.1 Å². The second-order valence-corrected chi connectivity index (χ2v) is 3.14. The highest BCUT2D eigenvalue weighted by atomic mass is 16.5. The number of fused-ring (bicyclic) bond motifs is 1. The highest BCUT2D eigenvalue weighted by molar-refractivity contribution is 5.98.